The molecule has 1 unspecified atom stereocenters. The van der Waals surface area contributed by atoms with E-state index in [4.69, 9.17) is 11.6 Å². The van der Waals surface area contributed by atoms with Crippen LogP contribution < -0.4 is 0 Å². The van der Waals surface area contributed by atoms with Crippen LogP contribution in [0, 0.1) is 10.1 Å². The number of nitrogens with zero attached hydrogens (tertiary/aromatic N) is 3. The Balaban J connectivity index is 2.35. The normalized spacial score (nSPS) is 13.1. The molecule has 0 saturated carbocycles. The van der Waals surface area contributed by atoms with Crippen LogP contribution in [0.15, 0.2) is 11.6 Å². The van der Waals surface area contributed by atoms with Crippen molar-refractivity contribution >= 4 is 33.7 Å². The minimum atomic E-state index is -0.391. The fraction of sp³-hybridized carbons (Fsp3) is 0.500. The molecular formula is C10H12ClN3O2S. The number of imidazole rings is 1. The minimum absolute atomic E-state index is 0.0444. The van der Waals surface area contributed by atoms with E-state index in [0.29, 0.717) is 17.1 Å². The summed E-state index contributed by atoms with van der Waals surface area (Å²) in [4.78, 5) is 15.6. The van der Waals surface area contributed by atoms with E-state index in [1.54, 1.807) is 11.6 Å². The zero-order valence-electron chi connectivity index (χ0n) is 9.30. The van der Waals surface area contributed by atoms with Crippen LogP contribution in [-0.2, 0) is 6.42 Å². The highest BCUT2D eigenvalue weighted by Crippen LogP contribution is 2.26. The largest absolute Gasteiger partial charge is 0.358 e. The number of nitro groups is 1. The monoisotopic (exact) mass is 273 g/mol. The molecule has 0 aliphatic heterocycles. The molecule has 0 spiro atoms. The topological polar surface area (TPSA) is 60.4 Å². The van der Waals surface area contributed by atoms with Crippen molar-refractivity contribution in [2.24, 2.45) is 0 Å². The summed E-state index contributed by atoms with van der Waals surface area (Å²) >= 11 is 7.50. The molecular weight excluding hydrogens is 262 g/mol. The van der Waals surface area contributed by atoms with Crippen molar-refractivity contribution < 1.29 is 4.92 Å². The van der Waals surface area contributed by atoms with Crippen LogP contribution in [0.25, 0.3) is 4.96 Å². The first-order valence-electron chi connectivity index (χ1n) is 5.36. The zero-order valence-corrected chi connectivity index (χ0v) is 10.9. The summed E-state index contributed by atoms with van der Waals surface area (Å²) in [6.07, 6.45) is 3.91. The maximum absolute atomic E-state index is 11.0. The van der Waals surface area contributed by atoms with E-state index in [0.717, 1.165) is 12.8 Å². The molecule has 0 aliphatic rings. The maximum atomic E-state index is 11.0. The second kappa shape index (κ2) is 5.01. The SMILES string of the molecule is CCCC(Cl)Cc1nc2sccn2c1[N+](=O)[O-]. The van der Waals surface area contributed by atoms with Crippen LogP contribution in [0.2, 0.25) is 0 Å². The van der Waals surface area contributed by atoms with Crippen molar-refractivity contribution in [3.8, 4) is 0 Å². The van der Waals surface area contributed by atoms with Gasteiger partial charge < -0.3 is 10.1 Å². The van der Waals surface area contributed by atoms with Crippen LogP contribution in [-0.4, -0.2) is 19.7 Å². The van der Waals surface area contributed by atoms with Gasteiger partial charge in [-0.1, -0.05) is 24.7 Å². The van der Waals surface area contributed by atoms with Gasteiger partial charge in [0.25, 0.3) is 4.96 Å². The average Bonchev–Trinajstić information content (AvgIpc) is 2.76. The fourth-order valence-electron chi connectivity index (χ4n) is 1.77. The highest BCUT2D eigenvalue weighted by Gasteiger charge is 2.24. The number of aromatic nitrogens is 2. The Hall–Kier alpha value is -1.14. The number of alkyl halides is 1. The Morgan fingerprint density at radius 3 is 3.12 bits per heavy atom. The van der Waals surface area contributed by atoms with Crippen molar-refractivity contribution in [3.63, 3.8) is 0 Å². The molecule has 0 saturated heterocycles. The first-order valence-corrected chi connectivity index (χ1v) is 6.68. The third-order valence-corrected chi connectivity index (χ3v) is 3.63. The van der Waals surface area contributed by atoms with E-state index in [-0.39, 0.29) is 11.2 Å². The van der Waals surface area contributed by atoms with Gasteiger partial charge in [0, 0.05) is 17.2 Å². The minimum Gasteiger partial charge on any atom is -0.358 e. The molecule has 7 heteroatoms. The van der Waals surface area contributed by atoms with Crippen LogP contribution in [0.4, 0.5) is 5.82 Å². The molecule has 2 rings (SSSR count). The molecule has 2 aromatic rings. The Morgan fingerprint density at radius 1 is 1.71 bits per heavy atom. The first kappa shape index (κ1) is 12.3. The number of halogens is 1. The number of hydrogen-bond donors (Lipinski definition) is 0. The summed E-state index contributed by atoms with van der Waals surface area (Å²) in [5, 5.41) is 12.7. The molecule has 0 aliphatic carbocycles. The van der Waals surface area contributed by atoms with Gasteiger partial charge in [-0.2, -0.15) is 9.38 Å². The van der Waals surface area contributed by atoms with E-state index in [1.165, 1.54) is 15.7 Å². The molecule has 92 valence electrons. The van der Waals surface area contributed by atoms with E-state index in [1.807, 2.05) is 6.92 Å². The van der Waals surface area contributed by atoms with Gasteiger partial charge in [0.05, 0.1) is 0 Å². The van der Waals surface area contributed by atoms with Gasteiger partial charge in [-0.15, -0.1) is 11.6 Å². The van der Waals surface area contributed by atoms with Gasteiger partial charge in [0.1, 0.15) is 11.9 Å². The summed E-state index contributed by atoms with van der Waals surface area (Å²) in [5.74, 6) is 0.0444. The van der Waals surface area contributed by atoms with E-state index in [9.17, 15) is 10.1 Å². The van der Waals surface area contributed by atoms with Gasteiger partial charge >= 0.3 is 5.82 Å². The van der Waals surface area contributed by atoms with Crippen molar-refractivity contribution in [3.05, 3.63) is 27.4 Å². The molecule has 0 amide bonds. The molecule has 1 atom stereocenters. The summed E-state index contributed by atoms with van der Waals surface area (Å²) in [6, 6.07) is 0. The predicted molar refractivity (Wildman–Crippen MR) is 68.0 cm³/mol. The van der Waals surface area contributed by atoms with Crippen molar-refractivity contribution in [1.29, 1.82) is 0 Å². The van der Waals surface area contributed by atoms with Crippen molar-refractivity contribution in [2.75, 3.05) is 0 Å². The highest BCUT2D eigenvalue weighted by molar-refractivity contribution is 7.15. The van der Waals surface area contributed by atoms with Gasteiger partial charge in [0.15, 0.2) is 0 Å². The smallest absolute Gasteiger partial charge is 0.351 e. The van der Waals surface area contributed by atoms with Crippen LogP contribution in [0.1, 0.15) is 25.5 Å². The summed E-state index contributed by atoms with van der Waals surface area (Å²) in [7, 11) is 0. The molecule has 0 N–H and O–H groups in total. The molecule has 2 aromatic heterocycles. The molecule has 2 heterocycles. The van der Waals surface area contributed by atoms with Crippen molar-refractivity contribution in [1.82, 2.24) is 9.38 Å². The van der Waals surface area contributed by atoms with E-state index >= 15 is 0 Å². The lowest BCUT2D eigenvalue weighted by Gasteiger charge is -2.04. The Morgan fingerprint density at radius 2 is 2.47 bits per heavy atom. The second-order valence-corrected chi connectivity index (χ2v) is 5.28. The molecule has 5 nitrogen and oxygen atoms in total. The van der Waals surface area contributed by atoms with Crippen molar-refractivity contribution in [2.45, 2.75) is 31.6 Å². The first-order chi connectivity index (χ1) is 8.13. The number of fused-ring (bicyclic) bond motifs is 1. The number of thiazole rings is 1. The zero-order chi connectivity index (χ0) is 12.4. The maximum Gasteiger partial charge on any atom is 0.351 e. The van der Waals surface area contributed by atoms with Gasteiger partial charge in [-0.3, -0.25) is 0 Å². The van der Waals surface area contributed by atoms with Gasteiger partial charge in [-0.05, 0) is 11.3 Å². The number of hydrogen-bond acceptors (Lipinski definition) is 4. The molecule has 0 aromatic carbocycles. The average molecular weight is 274 g/mol. The quantitative estimate of drug-likeness (QED) is 0.477. The molecule has 0 fully saturated rings. The Kier molecular flexibility index (Phi) is 3.63. The predicted octanol–water partition coefficient (Wildman–Crippen LogP) is 3.25. The summed E-state index contributed by atoms with van der Waals surface area (Å²) < 4.78 is 1.51. The van der Waals surface area contributed by atoms with E-state index < -0.39 is 4.92 Å². The lowest BCUT2D eigenvalue weighted by atomic mass is 10.1. The molecule has 0 bridgehead atoms. The standard InChI is InChI=1S/C10H12ClN3O2S/c1-2-3-7(11)6-8-9(14(15)16)13-4-5-17-10(13)12-8/h4-5,7H,2-3,6H2,1H3. The number of rotatable bonds is 5. The lowest BCUT2D eigenvalue weighted by Crippen LogP contribution is -2.06. The van der Waals surface area contributed by atoms with Crippen LogP contribution in [0.5, 0.6) is 0 Å². The third-order valence-electron chi connectivity index (χ3n) is 2.50. The lowest BCUT2D eigenvalue weighted by molar-refractivity contribution is -0.391. The summed E-state index contributed by atoms with van der Waals surface area (Å²) in [6.45, 7) is 2.04. The van der Waals surface area contributed by atoms with Gasteiger partial charge in [-0.25, -0.2) is 0 Å². The fourth-order valence-corrected chi connectivity index (χ4v) is 2.87. The second-order valence-electron chi connectivity index (χ2n) is 3.78. The Labute approximate surface area is 107 Å². The molecule has 0 radical (unpaired) electrons. The third kappa shape index (κ3) is 2.42. The van der Waals surface area contributed by atoms with Crippen LogP contribution in [0.3, 0.4) is 0 Å². The summed E-state index contributed by atoms with van der Waals surface area (Å²) in [5.41, 5.74) is 0.482. The van der Waals surface area contributed by atoms with Crippen LogP contribution >= 0.6 is 22.9 Å². The Bertz CT molecular complexity index is 537. The highest BCUT2D eigenvalue weighted by atomic mass is 35.5. The van der Waals surface area contributed by atoms with Gasteiger partial charge in [0.2, 0.25) is 0 Å². The van der Waals surface area contributed by atoms with E-state index in [2.05, 4.69) is 4.98 Å². The molecule has 17 heavy (non-hydrogen) atoms.